The molecule has 0 bridgehead atoms. The van der Waals surface area contributed by atoms with E-state index in [1.54, 1.807) is 0 Å². The number of nitrogens with zero attached hydrogens (tertiary/aromatic N) is 1. The first kappa shape index (κ1) is 23.6. The summed E-state index contributed by atoms with van der Waals surface area (Å²) >= 11 is 1.32. The van der Waals surface area contributed by atoms with E-state index in [2.05, 4.69) is 25.2 Å². The largest absolute Gasteiger partial charge is 0.353 e. The number of aryl methyl sites for hydroxylation is 2. The van der Waals surface area contributed by atoms with Crippen LogP contribution in [0.25, 0.3) is 0 Å². The lowest BCUT2D eigenvalue weighted by Crippen LogP contribution is -2.27. The Hall–Kier alpha value is -3.10. The fraction of sp³-hybridized carbons (Fsp3) is 0.296. The maximum atomic E-state index is 12.7. The molecule has 0 unspecified atom stereocenters. The molecule has 1 heterocycles. The van der Waals surface area contributed by atoms with Crippen molar-refractivity contribution in [2.75, 3.05) is 5.75 Å². The van der Waals surface area contributed by atoms with Gasteiger partial charge < -0.3 is 5.32 Å². The minimum absolute atomic E-state index is 0.00656. The van der Waals surface area contributed by atoms with Crippen molar-refractivity contribution in [3.8, 4) is 6.07 Å². The Labute approximate surface area is 194 Å². The highest BCUT2D eigenvalue weighted by atomic mass is 32.2. The van der Waals surface area contributed by atoms with Gasteiger partial charge in [0.15, 0.2) is 11.6 Å². The molecular weight excluding hydrogens is 416 g/mol. The molecule has 0 radical (unpaired) electrons. The van der Waals surface area contributed by atoms with Crippen molar-refractivity contribution in [1.82, 2.24) is 5.32 Å². The summed E-state index contributed by atoms with van der Waals surface area (Å²) in [6.07, 6.45) is 1.85. The van der Waals surface area contributed by atoms with E-state index in [0.29, 0.717) is 21.7 Å². The number of ketones is 2. The molecule has 3 rings (SSSR count). The summed E-state index contributed by atoms with van der Waals surface area (Å²) in [5.74, 6) is -0.287. The van der Waals surface area contributed by atoms with E-state index in [-0.39, 0.29) is 17.3 Å². The molecule has 0 saturated heterocycles. The first-order chi connectivity index (χ1) is 15.4. The zero-order valence-electron chi connectivity index (χ0n) is 19.0. The third-order valence-electron chi connectivity index (χ3n) is 5.78. The summed E-state index contributed by atoms with van der Waals surface area (Å²) < 4.78 is 0. The van der Waals surface area contributed by atoms with Crippen molar-refractivity contribution in [2.45, 2.75) is 46.5 Å². The maximum absolute atomic E-state index is 12.7. The van der Waals surface area contributed by atoms with Gasteiger partial charge in [-0.05, 0) is 43.4 Å². The van der Waals surface area contributed by atoms with Gasteiger partial charge >= 0.3 is 0 Å². The molecule has 0 saturated carbocycles. The molecule has 1 aliphatic rings. The number of rotatable bonds is 8. The molecule has 0 amide bonds. The normalized spacial score (nSPS) is 15.9. The molecule has 0 spiro atoms. The van der Waals surface area contributed by atoms with Gasteiger partial charge in [-0.25, -0.2) is 0 Å². The van der Waals surface area contributed by atoms with Gasteiger partial charge in [-0.1, -0.05) is 74.1 Å². The zero-order valence-corrected chi connectivity index (χ0v) is 19.8. The monoisotopic (exact) mass is 444 g/mol. The van der Waals surface area contributed by atoms with E-state index >= 15 is 0 Å². The first-order valence-electron chi connectivity index (χ1n) is 10.9. The van der Waals surface area contributed by atoms with Crippen LogP contribution in [0.3, 0.4) is 0 Å². The zero-order chi connectivity index (χ0) is 23.3. The van der Waals surface area contributed by atoms with Crippen LogP contribution in [-0.2, 0) is 17.6 Å². The molecule has 1 aliphatic heterocycles. The second-order valence-electron chi connectivity index (χ2n) is 7.86. The minimum Gasteiger partial charge on any atom is -0.353 e. The maximum Gasteiger partial charge on any atom is 0.173 e. The number of nitrogens with one attached hydrogen (secondary N) is 1. The number of Topliss-reactive ketones (excluding diaryl/α,β-unsaturated/α-hetero) is 2. The topological polar surface area (TPSA) is 70.0 Å². The average molecular weight is 445 g/mol. The van der Waals surface area contributed by atoms with E-state index in [9.17, 15) is 14.9 Å². The van der Waals surface area contributed by atoms with Crippen molar-refractivity contribution in [3.05, 3.63) is 92.7 Å². The van der Waals surface area contributed by atoms with E-state index in [0.717, 1.165) is 24.1 Å². The molecule has 2 aromatic rings. The highest BCUT2D eigenvalue weighted by molar-refractivity contribution is 8.03. The predicted molar refractivity (Wildman–Crippen MR) is 130 cm³/mol. The van der Waals surface area contributed by atoms with Gasteiger partial charge in [0.2, 0.25) is 0 Å². The van der Waals surface area contributed by atoms with Gasteiger partial charge in [0.05, 0.1) is 28.3 Å². The van der Waals surface area contributed by atoms with E-state index in [1.807, 2.05) is 55.5 Å². The number of hydrogen-bond donors (Lipinski definition) is 1. The van der Waals surface area contributed by atoms with Crippen molar-refractivity contribution < 1.29 is 9.59 Å². The number of thioether (sulfide) groups is 1. The van der Waals surface area contributed by atoms with Crippen LogP contribution in [-0.4, -0.2) is 17.3 Å². The van der Waals surface area contributed by atoms with Crippen molar-refractivity contribution >= 4 is 23.3 Å². The number of carbonyl (C=O) groups excluding carboxylic acids is 2. The van der Waals surface area contributed by atoms with Crippen LogP contribution in [0.4, 0.5) is 0 Å². The summed E-state index contributed by atoms with van der Waals surface area (Å²) in [7, 11) is 0. The van der Waals surface area contributed by atoms with Crippen LogP contribution in [0.2, 0.25) is 0 Å². The van der Waals surface area contributed by atoms with Crippen molar-refractivity contribution in [1.29, 1.82) is 5.26 Å². The number of nitriles is 1. The van der Waals surface area contributed by atoms with Gasteiger partial charge in [0, 0.05) is 16.8 Å². The van der Waals surface area contributed by atoms with Crippen LogP contribution in [0.5, 0.6) is 0 Å². The standard InChI is InChI=1S/C27H28N2O2S/c1-5-19-7-11-21(12-8-19)24(31)16-32-27-23(15-28)26(25(18(4)30)17(3)29-27)22-13-9-20(6-2)10-14-22/h7-14,26,29H,5-6,16H2,1-4H3/t26-/m1/s1. The van der Waals surface area contributed by atoms with Crippen molar-refractivity contribution in [3.63, 3.8) is 0 Å². The SMILES string of the molecule is CCc1ccc(C(=O)CSC2=C(C#N)[C@@H](c3ccc(CC)cc3)C(C(C)=O)=C(C)N2)cc1. The fourth-order valence-corrected chi connectivity index (χ4v) is 4.91. The Morgan fingerprint density at radius 2 is 1.56 bits per heavy atom. The van der Waals surface area contributed by atoms with E-state index in [4.69, 9.17) is 0 Å². The van der Waals surface area contributed by atoms with E-state index < -0.39 is 5.92 Å². The van der Waals surface area contributed by atoms with Crippen LogP contribution in [0.15, 0.2) is 70.4 Å². The molecule has 5 heteroatoms. The first-order valence-corrected chi connectivity index (χ1v) is 11.8. The summed E-state index contributed by atoms with van der Waals surface area (Å²) in [5, 5.41) is 13.9. The Bertz CT molecular complexity index is 1120. The van der Waals surface area contributed by atoms with Gasteiger partial charge in [-0.2, -0.15) is 5.26 Å². The lowest BCUT2D eigenvalue weighted by atomic mass is 9.81. The summed E-state index contributed by atoms with van der Waals surface area (Å²) in [6, 6.07) is 18.0. The molecule has 0 aliphatic carbocycles. The number of carbonyl (C=O) groups is 2. The molecule has 0 aromatic heterocycles. The second-order valence-corrected chi connectivity index (χ2v) is 8.85. The quantitative estimate of drug-likeness (QED) is 0.528. The molecule has 164 valence electrons. The average Bonchev–Trinajstić information content (AvgIpc) is 2.81. The fourth-order valence-electron chi connectivity index (χ4n) is 3.92. The number of dihydropyridines is 1. The van der Waals surface area contributed by atoms with Crippen molar-refractivity contribution in [2.24, 2.45) is 0 Å². The predicted octanol–water partition coefficient (Wildman–Crippen LogP) is 5.71. The van der Waals surface area contributed by atoms with Crippen LogP contribution in [0.1, 0.15) is 60.7 Å². The summed E-state index contributed by atoms with van der Waals surface area (Å²) in [5.41, 5.74) is 5.75. The summed E-state index contributed by atoms with van der Waals surface area (Å²) in [6.45, 7) is 7.55. The number of allylic oxidation sites excluding steroid dienone is 3. The third-order valence-corrected chi connectivity index (χ3v) is 6.80. The number of hydrogen-bond acceptors (Lipinski definition) is 5. The van der Waals surface area contributed by atoms with Gasteiger partial charge in [0.25, 0.3) is 0 Å². The lowest BCUT2D eigenvalue weighted by molar-refractivity contribution is -0.113. The number of benzene rings is 2. The Morgan fingerprint density at radius 1 is 1.00 bits per heavy atom. The molecular formula is C27H28N2O2S. The van der Waals surface area contributed by atoms with Gasteiger partial charge in [-0.3, -0.25) is 9.59 Å². The highest BCUT2D eigenvalue weighted by Crippen LogP contribution is 2.41. The van der Waals surface area contributed by atoms with Gasteiger partial charge in [-0.15, -0.1) is 0 Å². The minimum atomic E-state index is -0.439. The molecule has 32 heavy (non-hydrogen) atoms. The second kappa shape index (κ2) is 10.5. The lowest BCUT2D eigenvalue weighted by Gasteiger charge is -2.29. The Balaban J connectivity index is 1.92. The molecule has 1 N–H and O–H groups in total. The smallest absolute Gasteiger partial charge is 0.173 e. The summed E-state index contributed by atoms with van der Waals surface area (Å²) in [4.78, 5) is 25.2. The molecule has 0 fully saturated rings. The highest BCUT2D eigenvalue weighted by Gasteiger charge is 2.33. The Morgan fingerprint density at radius 3 is 2.06 bits per heavy atom. The van der Waals surface area contributed by atoms with Gasteiger partial charge in [0.1, 0.15) is 0 Å². The van der Waals surface area contributed by atoms with Crippen LogP contribution in [0, 0.1) is 11.3 Å². The third kappa shape index (κ3) is 5.03. The molecule has 2 aromatic carbocycles. The van der Waals surface area contributed by atoms with Crippen LogP contribution >= 0.6 is 11.8 Å². The molecule has 4 nitrogen and oxygen atoms in total. The Kier molecular flexibility index (Phi) is 7.71. The van der Waals surface area contributed by atoms with Crippen LogP contribution < -0.4 is 5.32 Å². The molecule has 1 atom stereocenters. The van der Waals surface area contributed by atoms with E-state index in [1.165, 1.54) is 29.8 Å².